The summed E-state index contributed by atoms with van der Waals surface area (Å²) in [6, 6.07) is 8.30. The largest absolute Gasteiger partial charge is 0.393 e. The Balaban J connectivity index is 1.47. The summed E-state index contributed by atoms with van der Waals surface area (Å²) in [6.45, 7) is 1.85. The summed E-state index contributed by atoms with van der Waals surface area (Å²) in [5.74, 6) is 6.80. The molecule has 2 aromatic rings. The molecular formula is C18H21N3O. The maximum absolute atomic E-state index is 9.52. The monoisotopic (exact) mass is 295 g/mol. The molecule has 1 aromatic carbocycles. The molecule has 0 radical (unpaired) electrons. The quantitative estimate of drug-likeness (QED) is 0.757. The Kier molecular flexibility index (Phi) is 4.89. The fourth-order valence-electron chi connectivity index (χ4n) is 2.82. The van der Waals surface area contributed by atoms with E-state index in [0.717, 1.165) is 43.5 Å². The van der Waals surface area contributed by atoms with Crippen molar-refractivity contribution < 1.29 is 5.11 Å². The number of hydrogen-bond donors (Lipinski definition) is 3. The van der Waals surface area contributed by atoms with Crippen molar-refractivity contribution in [2.75, 3.05) is 6.54 Å². The smallest absolute Gasteiger partial charge is 0.0644 e. The van der Waals surface area contributed by atoms with Gasteiger partial charge in [-0.3, -0.25) is 5.10 Å². The number of aliphatic hydroxyl groups excluding tert-OH is 1. The van der Waals surface area contributed by atoms with Gasteiger partial charge in [-0.2, -0.15) is 5.10 Å². The number of aromatic amines is 1. The third-order valence-corrected chi connectivity index (χ3v) is 4.08. The van der Waals surface area contributed by atoms with Crippen LogP contribution in [0, 0.1) is 17.8 Å². The van der Waals surface area contributed by atoms with E-state index in [4.69, 9.17) is 0 Å². The van der Waals surface area contributed by atoms with Gasteiger partial charge in [0.1, 0.15) is 0 Å². The zero-order chi connectivity index (χ0) is 15.2. The van der Waals surface area contributed by atoms with E-state index < -0.39 is 0 Å². The average molecular weight is 295 g/mol. The Hall–Kier alpha value is -2.09. The van der Waals surface area contributed by atoms with E-state index in [0.29, 0.717) is 5.92 Å². The third-order valence-electron chi connectivity index (χ3n) is 4.08. The Morgan fingerprint density at radius 2 is 2.00 bits per heavy atom. The van der Waals surface area contributed by atoms with Crippen molar-refractivity contribution in [2.24, 2.45) is 5.92 Å². The minimum Gasteiger partial charge on any atom is -0.393 e. The Morgan fingerprint density at radius 1 is 1.18 bits per heavy atom. The molecule has 1 aromatic heterocycles. The SMILES string of the molecule is OC1CCC(CNCc2ccc(C#Cc3cn[nH]c3)cc2)C1. The maximum atomic E-state index is 9.52. The van der Waals surface area contributed by atoms with Crippen molar-refractivity contribution >= 4 is 0 Å². The second kappa shape index (κ2) is 7.26. The molecule has 3 rings (SSSR count). The summed E-state index contributed by atoms with van der Waals surface area (Å²) < 4.78 is 0. The van der Waals surface area contributed by atoms with Crippen LogP contribution in [0.2, 0.25) is 0 Å². The molecule has 1 fully saturated rings. The van der Waals surface area contributed by atoms with Crippen molar-refractivity contribution in [2.45, 2.75) is 31.9 Å². The molecule has 1 aliphatic carbocycles. The van der Waals surface area contributed by atoms with Crippen LogP contribution in [0.25, 0.3) is 0 Å². The third kappa shape index (κ3) is 4.20. The van der Waals surface area contributed by atoms with Crippen molar-refractivity contribution in [3.05, 3.63) is 53.3 Å². The molecule has 4 nitrogen and oxygen atoms in total. The van der Waals surface area contributed by atoms with Crippen molar-refractivity contribution in [3.8, 4) is 11.8 Å². The Morgan fingerprint density at radius 3 is 2.68 bits per heavy atom. The molecule has 4 heteroatoms. The molecule has 0 aliphatic heterocycles. The van der Waals surface area contributed by atoms with E-state index in [9.17, 15) is 5.11 Å². The molecule has 0 spiro atoms. The maximum Gasteiger partial charge on any atom is 0.0644 e. The summed E-state index contributed by atoms with van der Waals surface area (Å²) in [5.41, 5.74) is 3.15. The lowest BCUT2D eigenvalue weighted by Gasteiger charge is -2.10. The summed E-state index contributed by atoms with van der Waals surface area (Å²) in [5, 5.41) is 19.6. The highest BCUT2D eigenvalue weighted by Gasteiger charge is 2.21. The fourth-order valence-corrected chi connectivity index (χ4v) is 2.82. The number of nitrogens with zero attached hydrogens (tertiary/aromatic N) is 1. The molecule has 0 amide bonds. The van der Waals surface area contributed by atoms with E-state index >= 15 is 0 Å². The van der Waals surface area contributed by atoms with Gasteiger partial charge < -0.3 is 10.4 Å². The average Bonchev–Trinajstić information content (AvgIpc) is 3.18. The van der Waals surface area contributed by atoms with Crippen LogP contribution in [0.4, 0.5) is 0 Å². The molecule has 2 atom stereocenters. The van der Waals surface area contributed by atoms with E-state index in [1.807, 2.05) is 12.1 Å². The van der Waals surface area contributed by atoms with Gasteiger partial charge in [0.05, 0.1) is 17.9 Å². The van der Waals surface area contributed by atoms with Gasteiger partial charge in [-0.1, -0.05) is 24.0 Å². The van der Waals surface area contributed by atoms with Crippen LogP contribution in [0.5, 0.6) is 0 Å². The van der Waals surface area contributed by atoms with Gasteiger partial charge in [0.25, 0.3) is 0 Å². The van der Waals surface area contributed by atoms with Gasteiger partial charge in [-0.15, -0.1) is 0 Å². The fraction of sp³-hybridized carbons (Fsp3) is 0.389. The van der Waals surface area contributed by atoms with Crippen LogP contribution < -0.4 is 5.32 Å². The van der Waals surface area contributed by atoms with Gasteiger partial charge in [0.2, 0.25) is 0 Å². The molecule has 1 heterocycles. The van der Waals surface area contributed by atoms with Crippen LogP contribution in [0.3, 0.4) is 0 Å². The molecule has 2 unspecified atom stereocenters. The van der Waals surface area contributed by atoms with E-state index in [1.165, 1.54) is 5.56 Å². The molecule has 0 bridgehead atoms. The summed E-state index contributed by atoms with van der Waals surface area (Å²) in [6.07, 6.45) is 6.44. The molecule has 22 heavy (non-hydrogen) atoms. The zero-order valence-corrected chi connectivity index (χ0v) is 12.5. The van der Waals surface area contributed by atoms with Crippen LogP contribution >= 0.6 is 0 Å². The summed E-state index contributed by atoms with van der Waals surface area (Å²) in [4.78, 5) is 0. The Labute approximate surface area is 131 Å². The highest BCUT2D eigenvalue weighted by Crippen LogP contribution is 2.24. The van der Waals surface area contributed by atoms with Crippen LogP contribution in [-0.4, -0.2) is 28.0 Å². The first kappa shape index (κ1) is 14.8. The summed E-state index contributed by atoms with van der Waals surface area (Å²) in [7, 11) is 0. The lowest BCUT2D eigenvalue weighted by Crippen LogP contribution is -2.21. The van der Waals surface area contributed by atoms with E-state index in [2.05, 4.69) is 39.5 Å². The second-order valence-corrected chi connectivity index (χ2v) is 5.90. The first-order chi connectivity index (χ1) is 10.8. The number of benzene rings is 1. The highest BCUT2D eigenvalue weighted by atomic mass is 16.3. The van der Waals surface area contributed by atoms with Gasteiger partial charge in [-0.25, -0.2) is 0 Å². The van der Waals surface area contributed by atoms with Gasteiger partial charge in [0.15, 0.2) is 0 Å². The molecule has 114 valence electrons. The number of aliphatic hydroxyl groups is 1. The standard InChI is InChI=1S/C18H21N3O/c22-18-8-7-16(9-18)11-19-10-15-4-1-14(2-5-15)3-6-17-12-20-21-13-17/h1-2,4-5,12-13,16,18-19,22H,7-11H2,(H,20,21). The van der Waals surface area contributed by atoms with Crippen molar-refractivity contribution in [1.82, 2.24) is 15.5 Å². The van der Waals surface area contributed by atoms with Crippen LogP contribution in [0.15, 0.2) is 36.7 Å². The minimum atomic E-state index is -0.0834. The predicted octanol–water partition coefficient (Wildman–Crippen LogP) is 2.06. The van der Waals surface area contributed by atoms with Gasteiger partial charge in [-0.05, 0) is 49.4 Å². The molecule has 3 N–H and O–H groups in total. The topological polar surface area (TPSA) is 60.9 Å². The number of hydrogen-bond acceptors (Lipinski definition) is 3. The van der Waals surface area contributed by atoms with Gasteiger partial charge >= 0.3 is 0 Å². The lowest BCUT2D eigenvalue weighted by molar-refractivity contribution is 0.177. The van der Waals surface area contributed by atoms with Crippen LogP contribution in [0.1, 0.15) is 36.0 Å². The predicted molar refractivity (Wildman–Crippen MR) is 86.1 cm³/mol. The van der Waals surface area contributed by atoms with Gasteiger partial charge in [0, 0.05) is 18.3 Å². The number of H-pyrrole nitrogens is 1. The first-order valence-electron chi connectivity index (χ1n) is 7.78. The lowest BCUT2D eigenvalue weighted by atomic mass is 10.1. The van der Waals surface area contributed by atoms with Crippen molar-refractivity contribution in [1.29, 1.82) is 0 Å². The molecular weight excluding hydrogens is 274 g/mol. The molecule has 0 saturated heterocycles. The van der Waals surface area contributed by atoms with E-state index in [-0.39, 0.29) is 6.10 Å². The Bertz CT molecular complexity index is 637. The number of rotatable bonds is 4. The first-order valence-corrected chi connectivity index (χ1v) is 7.78. The number of aromatic nitrogens is 2. The minimum absolute atomic E-state index is 0.0834. The zero-order valence-electron chi connectivity index (χ0n) is 12.5. The summed E-state index contributed by atoms with van der Waals surface area (Å²) >= 11 is 0. The number of nitrogens with one attached hydrogen (secondary N) is 2. The van der Waals surface area contributed by atoms with Crippen LogP contribution in [-0.2, 0) is 6.54 Å². The molecule has 1 aliphatic rings. The second-order valence-electron chi connectivity index (χ2n) is 5.90. The highest BCUT2D eigenvalue weighted by molar-refractivity contribution is 5.41. The molecule has 1 saturated carbocycles. The van der Waals surface area contributed by atoms with Crippen molar-refractivity contribution in [3.63, 3.8) is 0 Å². The van der Waals surface area contributed by atoms with E-state index in [1.54, 1.807) is 12.4 Å². The normalized spacial score (nSPS) is 20.6.